The summed E-state index contributed by atoms with van der Waals surface area (Å²) in [7, 11) is 3.70. The standard InChI is InChI=1S/C12H13NO/c1-13-7-6-11(9-13)10-4-3-5-12(8-10)14-2/h3-9H,1-2H3. The quantitative estimate of drug-likeness (QED) is 0.705. The van der Waals surface area contributed by atoms with Gasteiger partial charge in [-0.05, 0) is 29.3 Å². The van der Waals surface area contributed by atoms with Crippen molar-refractivity contribution < 1.29 is 4.74 Å². The number of hydrogen-bond acceptors (Lipinski definition) is 1. The van der Waals surface area contributed by atoms with Gasteiger partial charge in [-0.15, -0.1) is 0 Å². The van der Waals surface area contributed by atoms with E-state index in [-0.39, 0.29) is 0 Å². The summed E-state index contributed by atoms with van der Waals surface area (Å²) in [5, 5.41) is 0. The predicted molar refractivity (Wildman–Crippen MR) is 57.4 cm³/mol. The third-order valence-corrected chi connectivity index (χ3v) is 2.24. The molecule has 0 unspecified atom stereocenters. The van der Waals surface area contributed by atoms with Crippen LogP contribution >= 0.6 is 0 Å². The Balaban J connectivity index is 2.41. The molecule has 0 spiro atoms. The van der Waals surface area contributed by atoms with Gasteiger partial charge in [-0.2, -0.15) is 0 Å². The molecule has 72 valence electrons. The zero-order chi connectivity index (χ0) is 9.97. The maximum absolute atomic E-state index is 5.18. The molecule has 0 aliphatic carbocycles. The third kappa shape index (κ3) is 1.64. The second kappa shape index (κ2) is 3.58. The van der Waals surface area contributed by atoms with Gasteiger partial charge in [0, 0.05) is 19.4 Å². The first-order chi connectivity index (χ1) is 6.79. The molecule has 2 heteroatoms. The number of methoxy groups -OCH3 is 1. The van der Waals surface area contributed by atoms with Crippen LogP contribution in [0.1, 0.15) is 0 Å². The lowest BCUT2D eigenvalue weighted by molar-refractivity contribution is 0.415. The second-order valence-corrected chi connectivity index (χ2v) is 3.30. The molecule has 2 aromatic rings. The van der Waals surface area contributed by atoms with E-state index in [2.05, 4.69) is 18.3 Å². The van der Waals surface area contributed by atoms with Crippen LogP contribution in [0.5, 0.6) is 5.75 Å². The SMILES string of the molecule is COc1cccc(-c2ccn(C)c2)c1. The lowest BCUT2D eigenvalue weighted by Gasteiger charge is -2.01. The largest absolute Gasteiger partial charge is 0.497 e. The molecule has 0 saturated heterocycles. The van der Waals surface area contributed by atoms with Crippen LogP contribution in [0, 0.1) is 0 Å². The van der Waals surface area contributed by atoms with Gasteiger partial charge in [0.25, 0.3) is 0 Å². The fourth-order valence-corrected chi connectivity index (χ4v) is 1.48. The molecule has 14 heavy (non-hydrogen) atoms. The van der Waals surface area contributed by atoms with Crippen molar-refractivity contribution in [3.8, 4) is 16.9 Å². The van der Waals surface area contributed by atoms with Gasteiger partial charge in [0.2, 0.25) is 0 Å². The molecule has 0 amide bonds. The number of rotatable bonds is 2. The second-order valence-electron chi connectivity index (χ2n) is 3.30. The molecule has 0 radical (unpaired) electrons. The summed E-state index contributed by atoms with van der Waals surface area (Å²) >= 11 is 0. The van der Waals surface area contributed by atoms with Crippen molar-refractivity contribution >= 4 is 0 Å². The zero-order valence-corrected chi connectivity index (χ0v) is 8.40. The van der Waals surface area contributed by atoms with E-state index in [0.717, 1.165) is 5.75 Å². The Labute approximate surface area is 83.8 Å². The summed E-state index contributed by atoms with van der Waals surface area (Å²) in [4.78, 5) is 0. The summed E-state index contributed by atoms with van der Waals surface area (Å²) in [5.41, 5.74) is 2.40. The van der Waals surface area contributed by atoms with Crippen molar-refractivity contribution in [2.24, 2.45) is 7.05 Å². The number of benzene rings is 1. The Bertz CT molecular complexity index is 431. The smallest absolute Gasteiger partial charge is 0.119 e. The van der Waals surface area contributed by atoms with Crippen molar-refractivity contribution in [2.45, 2.75) is 0 Å². The van der Waals surface area contributed by atoms with Gasteiger partial charge in [0.15, 0.2) is 0 Å². The van der Waals surface area contributed by atoms with E-state index in [1.165, 1.54) is 11.1 Å². The van der Waals surface area contributed by atoms with Crippen molar-refractivity contribution in [1.82, 2.24) is 4.57 Å². The van der Waals surface area contributed by atoms with Crippen LogP contribution < -0.4 is 4.74 Å². The third-order valence-electron chi connectivity index (χ3n) is 2.24. The summed E-state index contributed by atoms with van der Waals surface area (Å²) in [5.74, 6) is 0.895. The Hall–Kier alpha value is -1.70. The predicted octanol–water partition coefficient (Wildman–Crippen LogP) is 2.70. The molecule has 0 N–H and O–H groups in total. The van der Waals surface area contributed by atoms with E-state index < -0.39 is 0 Å². The van der Waals surface area contributed by atoms with Crippen LogP contribution in [0.15, 0.2) is 42.7 Å². The van der Waals surface area contributed by atoms with E-state index >= 15 is 0 Å². The minimum atomic E-state index is 0.895. The average Bonchev–Trinajstić information content (AvgIpc) is 2.65. The topological polar surface area (TPSA) is 14.2 Å². The molecular formula is C12H13NO. The van der Waals surface area contributed by atoms with Crippen LogP contribution in [0.3, 0.4) is 0 Å². The highest BCUT2D eigenvalue weighted by Gasteiger charge is 1.99. The average molecular weight is 187 g/mol. The minimum absolute atomic E-state index is 0.895. The van der Waals surface area contributed by atoms with Gasteiger partial charge in [-0.1, -0.05) is 12.1 Å². The minimum Gasteiger partial charge on any atom is -0.497 e. The highest BCUT2D eigenvalue weighted by molar-refractivity contribution is 5.64. The Morgan fingerprint density at radius 3 is 2.64 bits per heavy atom. The lowest BCUT2D eigenvalue weighted by atomic mass is 10.1. The summed E-state index contributed by atoms with van der Waals surface area (Å²) in [6, 6.07) is 10.2. The maximum Gasteiger partial charge on any atom is 0.119 e. The highest BCUT2D eigenvalue weighted by atomic mass is 16.5. The number of aromatic nitrogens is 1. The number of hydrogen-bond donors (Lipinski definition) is 0. The Kier molecular flexibility index (Phi) is 2.27. The van der Waals surface area contributed by atoms with Crippen molar-refractivity contribution in [3.63, 3.8) is 0 Å². The maximum atomic E-state index is 5.18. The first kappa shape index (κ1) is 8.88. The normalized spacial score (nSPS) is 10.1. The molecule has 0 atom stereocenters. The fourth-order valence-electron chi connectivity index (χ4n) is 1.48. The molecule has 2 nitrogen and oxygen atoms in total. The molecule has 0 fully saturated rings. The lowest BCUT2D eigenvalue weighted by Crippen LogP contribution is -1.83. The van der Waals surface area contributed by atoms with Crippen molar-refractivity contribution in [1.29, 1.82) is 0 Å². The van der Waals surface area contributed by atoms with Gasteiger partial charge in [-0.3, -0.25) is 0 Å². The Morgan fingerprint density at radius 1 is 1.14 bits per heavy atom. The van der Waals surface area contributed by atoms with E-state index in [4.69, 9.17) is 4.74 Å². The number of nitrogens with zero attached hydrogens (tertiary/aromatic N) is 1. The molecule has 0 aliphatic heterocycles. The number of ether oxygens (including phenoxy) is 1. The van der Waals surface area contributed by atoms with Crippen molar-refractivity contribution in [2.75, 3.05) is 7.11 Å². The summed E-state index contributed by atoms with van der Waals surface area (Å²) in [6.45, 7) is 0. The van der Waals surface area contributed by atoms with Crippen LogP contribution in [0.25, 0.3) is 11.1 Å². The van der Waals surface area contributed by atoms with Crippen molar-refractivity contribution in [3.05, 3.63) is 42.7 Å². The van der Waals surface area contributed by atoms with Crippen LogP contribution in [0.2, 0.25) is 0 Å². The van der Waals surface area contributed by atoms with Gasteiger partial charge >= 0.3 is 0 Å². The first-order valence-electron chi connectivity index (χ1n) is 4.56. The van der Waals surface area contributed by atoms with E-state index in [0.29, 0.717) is 0 Å². The monoisotopic (exact) mass is 187 g/mol. The summed E-state index contributed by atoms with van der Waals surface area (Å²) in [6.07, 6.45) is 4.13. The molecule has 1 aromatic carbocycles. The Morgan fingerprint density at radius 2 is 2.00 bits per heavy atom. The van der Waals surface area contributed by atoms with Gasteiger partial charge < -0.3 is 9.30 Å². The van der Waals surface area contributed by atoms with E-state index in [1.807, 2.05) is 36.0 Å². The molecule has 0 saturated carbocycles. The number of aryl methyl sites for hydroxylation is 1. The van der Waals surface area contributed by atoms with Crippen LogP contribution in [0.4, 0.5) is 0 Å². The molecule has 1 aromatic heterocycles. The zero-order valence-electron chi connectivity index (χ0n) is 8.40. The molecule has 0 aliphatic rings. The molecular weight excluding hydrogens is 174 g/mol. The van der Waals surface area contributed by atoms with Gasteiger partial charge in [-0.25, -0.2) is 0 Å². The first-order valence-corrected chi connectivity index (χ1v) is 4.56. The van der Waals surface area contributed by atoms with Crippen LogP contribution in [-0.2, 0) is 7.05 Å². The molecule has 0 bridgehead atoms. The van der Waals surface area contributed by atoms with Gasteiger partial charge in [0.1, 0.15) is 5.75 Å². The highest BCUT2D eigenvalue weighted by Crippen LogP contribution is 2.23. The van der Waals surface area contributed by atoms with E-state index in [9.17, 15) is 0 Å². The fraction of sp³-hybridized carbons (Fsp3) is 0.167. The molecule has 2 rings (SSSR count). The van der Waals surface area contributed by atoms with E-state index in [1.54, 1.807) is 7.11 Å². The molecule has 1 heterocycles. The summed E-state index contributed by atoms with van der Waals surface area (Å²) < 4.78 is 7.21. The van der Waals surface area contributed by atoms with Crippen LogP contribution in [-0.4, -0.2) is 11.7 Å². The van der Waals surface area contributed by atoms with Gasteiger partial charge in [0.05, 0.1) is 7.11 Å².